The molecule has 8 heteroatoms. The Balaban J connectivity index is 1.34. The van der Waals surface area contributed by atoms with Gasteiger partial charge in [0.05, 0.1) is 12.2 Å². The quantitative estimate of drug-likeness (QED) is 0.536. The van der Waals surface area contributed by atoms with Crippen molar-refractivity contribution in [1.82, 2.24) is 20.0 Å². The van der Waals surface area contributed by atoms with Crippen LogP contribution in [0.5, 0.6) is 0 Å². The Kier molecular flexibility index (Phi) is 8.06. The highest BCUT2D eigenvalue weighted by Crippen LogP contribution is 2.17. The molecule has 1 aliphatic rings. The van der Waals surface area contributed by atoms with E-state index in [1.165, 1.54) is 0 Å². The number of aryl methyl sites for hydroxylation is 2. The van der Waals surface area contributed by atoms with Gasteiger partial charge in [0.1, 0.15) is 0 Å². The molecule has 4 N–H and O–H groups in total. The van der Waals surface area contributed by atoms with E-state index in [0.29, 0.717) is 13.1 Å². The molecule has 1 aromatic carbocycles. The largest absolute Gasteiger partial charge is 0.369 e. The Bertz CT molecular complexity index is 886. The summed E-state index contributed by atoms with van der Waals surface area (Å²) in [5.41, 5.74) is 9.35. The van der Waals surface area contributed by atoms with Gasteiger partial charge in [-0.1, -0.05) is 12.1 Å². The van der Waals surface area contributed by atoms with E-state index in [4.69, 9.17) is 5.73 Å². The third-order valence-electron chi connectivity index (χ3n) is 5.80. The summed E-state index contributed by atoms with van der Waals surface area (Å²) in [4.78, 5) is 25.8. The molecule has 2 heterocycles. The maximum atomic E-state index is 12.2. The molecule has 1 fully saturated rings. The normalized spacial score (nSPS) is 15.0. The summed E-state index contributed by atoms with van der Waals surface area (Å²) in [7, 11) is 0. The van der Waals surface area contributed by atoms with Crippen LogP contribution in [0.25, 0.3) is 0 Å². The van der Waals surface area contributed by atoms with Crippen molar-refractivity contribution in [2.75, 3.05) is 31.5 Å². The van der Waals surface area contributed by atoms with Gasteiger partial charge in [0.15, 0.2) is 0 Å². The van der Waals surface area contributed by atoms with Gasteiger partial charge >= 0.3 is 6.03 Å². The van der Waals surface area contributed by atoms with Crippen molar-refractivity contribution in [1.29, 1.82) is 0 Å². The van der Waals surface area contributed by atoms with Gasteiger partial charge in [0.2, 0.25) is 5.91 Å². The molecule has 168 valence electrons. The topological polar surface area (TPSA) is 105 Å². The molecule has 0 unspecified atom stereocenters. The van der Waals surface area contributed by atoms with Crippen LogP contribution in [0.3, 0.4) is 0 Å². The Morgan fingerprint density at radius 1 is 1.16 bits per heavy atom. The SMILES string of the molecule is Cc1cc(C)n(Cc2cccc(NC(=O)NCCCCN3CCC(C(N)=O)CC3)c2)n1. The predicted molar refractivity (Wildman–Crippen MR) is 122 cm³/mol. The van der Waals surface area contributed by atoms with Crippen molar-refractivity contribution >= 4 is 17.6 Å². The molecule has 0 spiro atoms. The van der Waals surface area contributed by atoms with Gasteiger partial charge < -0.3 is 21.3 Å². The van der Waals surface area contributed by atoms with Crippen LogP contribution in [0.4, 0.5) is 10.5 Å². The highest BCUT2D eigenvalue weighted by Gasteiger charge is 2.22. The number of rotatable bonds is 9. The second kappa shape index (κ2) is 10.9. The van der Waals surface area contributed by atoms with Crippen LogP contribution in [0.15, 0.2) is 30.3 Å². The molecule has 1 aliphatic heterocycles. The number of carbonyl (C=O) groups excluding carboxylic acids is 2. The molecule has 0 atom stereocenters. The number of carbonyl (C=O) groups is 2. The average Bonchev–Trinajstić information content (AvgIpc) is 3.05. The summed E-state index contributed by atoms with van der Waals surface area (Å²) in [6.45, 7) is 8.17. The first-order chi connectivity index (χ1) is 14.9. The minimum absolute atomic E-state index is 0.0350. The number of piperidine rings is 1. The predicted octanol–water partition coefficient (Wildman–Crippen LogP) is 2.65. The molecule has 1 saturated heterocycles. The summed E-state index contributed by atoms with van der Waals surface area (Å²) in [6, 6.07) is 9.71. The molecule has 8 nitrogen and oxygen atoms in total. The number of nitrogens with two attached hydrogens (primary N) is 1. The number of aromatic nitrogens is 2. The van der Waals surface area contributed by atoms with Crippen LogP contribution in [0, 0.1) is 19.8 Å². The Hall–Kier alpha value is -2.87. The van der Waals surface area contributed by atoms with Crippen molar-refractivity contribution in [2.24, 2.45) is 11.7 Å². The standard InChI is InChI=1S/C23H34N6O2/c1-17-14-18(2)29(27-17)16-19-6-5-7-21(15-19)26-23(31)25-10-3-4-11-28-12-8-20(9-13-28)22(24)30/h5-7,14-15,20H,3-4,8-13,16H2,1-2H3,(H2,24,30)(H2,25,26,31). The number of nitrogens with zero attached hydrogens (tertiary/aromatic N) is 3. The lowest BCUT2D eigenvalue weighted by atomic mass is 9.96. The number of amides is 3. The first-order valence-corrected chi connectivity index (χ1v) is 11.1. The third-order valence-corrected chi connectivity index (χ3v) is 5.80. The monoisotopic (exact) mass is 426 g/mol. The number of unbranched alkanes of at least 4 members (excludes halogenated alkanes) is 1. The molecule has 3 amide bonds. The lowest BCUT2D eigenvalue weighted by Crippen LogP contribution is -2.39. The zero-order valence-corrected chi connectivity index (χ0v) is 18.6. The Morgan fingerprint density at radius 2 is 1.94 bits per heavy atom. The molecular formula is C23H34N6O2. The fraction of sp³-hybridized carbons (Fsp3) is 0.522. The highest BCUT2D eigenvalue weighted by molar-refractivity contribution is 5.89. The highest BCUT2D eigenvalue weighted by atomic mass is 16.2. The number of anilines is 1. The van der Waals surface area contributed by atoms with Crippen molar-refractivity contribution in [3.05, 3.63) is 47.3 Å². The van der Waals surface area contributed by atoms with Gasteiger partial charge in [-0.15, -0.1) is 0 Å². The molecule has 31 heavy (non-hydrogen) atoms. The molecular weight excluding hydrogens is 392 g/mol. The molecule has 0 bridgehead atoms. The van der Waals surface area contributed by atoms with E-state index >= 15 is 0 Å². The number of hydrogen-bond acceptors (Lipinski definition) is 4. The number of primary amides is 1. The van der Waals surface area contributed by atoms with Crippen LogP contribution >= 0.6 is 0 Å². The van der Waals surface area contributed by atoms with Crippen LogP contribution in [-0.4, -0.2) is 52.8 Å². The fourth-order valence-corrected chi connectivity index (χ4v) is 4.03. The number of likely N-dealkylation sites (tertiary alicyclic amines) is 1. The molecule has 3 rings (SSSR count). The van der Waals surface area contributed by atoms with Gasteiger partial charge in [-0.2, -0.15) is 5.10 Å². The van der Waals surface area contributed by atoms with E-state index < -0.39 is 0 Å². The molecule has 1 aromatic heterocycles. The van der Waals surface area contributed by atoms with Gasteiger partial charge in [-0.3, -0.25) is 9.48 Å². The maximum Gasteiger partial charge on any atom is 0.319 e. The lowest BCUT2D eigenvalue weighted by Gasteiger charge is -2.30. The third kappa shape index (κ3) is 7.10. The minimum Gasteiger partial charge on any atom is -0.369 e. The summed E-state index contributed by atoms with van der Waals surface area (Å²) in [5, 5.41) is 10.3. The van der Waals surface area contributed by atoms with Gasteiger partial charge in [-0.05, 0) is 82.9 Å². The van der Waals surface area contributed by atoms with Crippen LogP contribution < -0.4 is 16.4 Å². The summed E-state index contributed by atoms with van der Waals surface area (Å²) >= 11 is 0. The molecule has 0 saturated carbocycles. The Labute approximate surface area is 184 Å². The number of hydrogen-bond donors (Lipinski definition) is 3. The first kappa shape index (κ1) is 22.8. The molecule has 0 radical (unpaired) electrons. The van der Waals surface area contributed by atoms with Crippen molar-refractivity contribution in [3.8, 4) is 0 Å². The van der Waals surface area contributed by atoms with Gasteiger partial charge in [0.25, 0.3) is 0 Å². The van der Waals surface area contributed by atoms with Crippen molar-refractivity contribution < 1.29 is 9.59 Å². The summed E-state index contributed by atoms with van der Waals surface area (Å²) in [5.74, 6) is -0.139. The van der Waals surface area contributed by atoms with Crippen LogP contribution in [-0.2, 0) is 11.3 Å². The van der Waals surface area contributed by atoms with E-state index in [-0.39, 0.29) is 17.9 Å². The summed E-state index contributed by atoms with van der Waals surface area (Å²) < 4.78 is 1.96. The number of nitrogens with one attached hydrogen (secondary N) is 2. The minimum atomic E-state index is -0.189. The summed E-state index contributed by atoms with van der Waals surface area (Å²) in [6.07, 6.45) is 3.64. The maximum absolute atomic E-state index is 12.2. The lowest BCUT2D eigenvalue weighted by molar-refractivity contribution is -0.123. The first-order valence-electron chi connectivity index (χ1n) is 11.1. The Morgan fingerprint density at radius 3 is 2.61 bits per heavy atom. The van der Waals surface area contributed by atoms with E-state index in [0.717, 1.165) is 68.0 Å². The van der Waals surface area contributed by atoms with Gasteiger partial charge in [0, 0.05) is 23.8 Å². The average molecular weight is 427 g/mol. The van der Waals surface area contributed by atoms with Gasteiger partial charge in [-0.25, -0.2) is 4.79 Å². The fourth-order valence-electron chi connectivity index (χ4n) is 4.03. The van der Waals surface area contributed by atoms with E-state index in [1.54, 1.807) is 0 Å². The number of benzene rings is 1. The second-order valence-electron chi connectivity index (χ2n) is 8.39. The molecule has 2 aromatic rings. The van der Waals surface area contributed by atoms with Crippen LogP contribution in [0.1, 0.15) is 42.6 Å². The van der Waals surface area contributed by atoms with Crippen molar-refractivity contribution in [2.45, 2.75) is 46.1 Å². The zero-order chi connectivity index (χ0) is 22.2. The smallest absolute Gasteiger partial charge is 0.319 e. The molecule has 0 aliphatic carbocycles. The number of urea groups is 1. The second-order valence-corrected chi connectivity index (χ2v) is 8.39. The van der Waals surface area contributed by atoms with Crippen LogP contribution in [0.2, 0.25) is 0 Å². The van der Waals surface area contributed by atoms with E-state index in [1.807, 2.05) is 42.8 Å². The van der Waals surface area contributed by atoms with E-state index in [2.05, 4.69) is 26.7 Å². The van der Waals surface area contributed by atoms with E-state index in [9.17, 15) is 9.59 Å². The zero-order valence-electron chi connectivity index (χ0n) is 18.6. The van der Waals surface area contributed by atoms with Crippen molar-refractivity contribution in [3.63, 3.8) is 0 Å².